The molecule has 0 atom stereocenters. The highest BCUT2D eigenvalue weighted by Gasteiger charge is 2.10. The minimum absolute atomic E-state index is 0.703. The molecule has 0 unspecified atom stereocenters. The second kappa shape index (κ2) is 5.16. The molecular formula is C11H15ClN4S. The number of aryl methyl sites for hydroxylation is 3. The Labute approximate surface area is 110 Å². The van der Waals surface area contributed by atoms with Crippen molar-refractivity contribution in [1.29, 1.82) is 0 Å². The van der Waals surface area contributed by atoms with Gasteiger partial charge in [-0.15, -0.1) is 11.3 Å². The van der Waals surface area contributed by atoms with E-state index in [-0.39, 0.29) is 0 Å². The van der Waals surface area contributed by atoms with Crippen LogP contribution in [0.4, 0.5) is 0 Å². The standard InChI is InChI=1S/C11H15ClN4S/c1-7-6-17-10(14-7)5-13-4-9-11(12)8(2)15-16(9)3/h6,13H,4-5H2,1-3H3. The van der Waals surface area contributed by atoms with E-state index in [1.54, 1.807) is 11.3 Å². The van der Waals surface area contributed by atoms with Crippen molar-refractivity contribution in [3.63, 3.8) is 0 Å². The van der Waals surface area contributed by atoms with Gasteiger partial charge in [0, 0.05) is 31.2 Å². The monoisotopic (exact) mass is 270 g/mol. The van der Waals surface area contributed by atoms with Crippen LogP contribution in [0.3, 0.4) is 0 Å². The van der Waals surface area contributed by atoms with Crippen LogP contribution in [-0.2, 0) is 20.1 Å². The number of thiazole rings is 1. The number of nitrogens with one attached hydrogen (secondary N) is 1. The molecule has 0 fully saturated rings. The molecule has 0 aliphatic carbocycles. The Balaban J connectivity index is 1.94. The lowest BCUT2D eigenvalue weighted by molar-refractivity contribution is 0.623. The molecule has 0 saturated heterocycles. The van der Waals surface area contributed by atoms with E-state index in [9.17, 15) is 0 Å². The molecular weight excluding hydrogens is 256 g/mol. The molecule has 0 aromatic carbocycles. The molecule has 2 heterocycles. The van der Waals surface area contributed by atoms with Gasteiger partial charge in [-0.05, 0) is 13.8 Å². The van der Waals surface area contributed by atoms with Crippen molar-refractivity contribution in [2.24, 2.45) is 7.05 Å². The fourth-order valence-electron chi connectivity index (χ4n) is 1.64. The van der Waals surface area contributed by atoms with Crippen molar-refractivity contribution < 1.29 is 0 Å². The molecule has 0 aliphatic heterocycles. The zero-order valence-corrected chi connectivity index (χ0v) is 11.7. The van der Waals surface area contributed by atoms with E-state index in [1.807, 2.05) is 25.6 Å². The maximum atomic E-state index is 6.16. The summed E-state index contributed by atoms with van der Waals surface area (Å²) in [4.78, 5) is 4.39. The molecule has 0 aliphatic rings. The highest BCUT2D eigenvalue weighted by atomic mass is 35.5. The average Bonchev–Trinajstić information content (AvgIpc) is 2.78. The van der Waals surface area contributed by atoms with Crippen molar-refractivity contribution in [2.75, 3.05) is 0 Å². The number of rotatable bonds is 4. The second-order valence-corrected chi connectivity index (χ2v) is 5.28. The first kappa shape index (κ1) is 12.5. The van der Waals surface area contributed by atoms with Crippen LogP contribution in [0.1, 0.15) is 22.1 Å². The molecule has 92 valence electrons. The lowest BCUT2D eigenvalue weighted by Crippen LogP contribution is -2.15. The summed E-state index contributed by atoms with van der Waals surface area (Å²) in [6.45, 7) is 5.38. The van der Waals surface area contributed by atoms with E-state index in [4.69, 9.17) is 11.6 Å². The third kappa shape index (κ3) is 2.86. The van der Waals surface area contributed by atoms with Gasteiger partial charge in [-0.1, -0.05) is 11.6 Å². The van der Waals surface area contributed by atoms with Crippen LogP contribution >= 0.6 is 22.9 Å². The fraction of sp³-hybridized carbons (Fsp3) is 0.455. The molecule has 6 heteroatoms. The number of nitrogens with zero attached hydrogens (tertiary/aromatic N) is 3. The third-order valence-electron chi connectivity index (χ3n) is 2.50. The van der Waals surface area contributed by atoms with Crippen LogP contribution in [0.25, 0.3) is 0 Å². The van der Waals surface area contributed by atoms with Gasteiger partial charge >= 0.3 is 0 Å². The van der Waals surface area contributed by atoms with Crippen molar-refractivity contribution in [2.45, 2.75) is 26.9 Å². The van der Waals surface area contributed by atoms with Crippen molar-refractivity contribution in [3.05, 3.63) is 32.5 Å². The summed E-state index contributed by atoms with van der Waals surface area (Å²) in [7, 11) is 1.91. The summed E-state index contributed by atoms with van der Waals surface area (Å²) >= 11 is 7.83. The normalized spacial score (nSPS) is 11.1. The van der Waals surface area contributed by atoms with Crippen molar-refractivity contribution >= 4 is 22.9 Å². The lowest BCUT2D eigenvalue weighted by atomic mass is 10.3. The Morgan fingerprint density at radius 3 is 2.71 bits per heavy atom. The Morgan fingerprint density at radius 1 is 1.41 bits per heavy atom. The summed E-state index contributed by atoms with van der Waals surface area (Å²) in [5.74, 6) is 0. The van der Waals surface area contributed by atoms with Gasteiger partial charge in [-0.2, -0.15) is 5.10 Å². The smallest absolute Gasteiger partial charge is 0.107 e. The van der Waals surface area contributed by atoms with Crippen LogP contribution in [-0.4, -0.2) is 14.8 Å². The molecule has 2 aromatic rings. The average molecular weight is 271 g/mol. The zero-order chi connectivity index (χ0) is 12.4. The van der Waals surface area contributed by atoms with Gasteiger partial charge in [-0.3, -0.25) is 4.68 Å². The molecule has 4 nitrogen and oxygen atoms in total. The highest BCUT2D eigenvalue weighted by molar-refractivity contribution is 7.09. The van der Waals surface area contributed by atoms with Crippen LogP contribution in [0.2, 0.25) is 5.02 Å². The minimum atomic E-state index is 0.703. The summed E-state index contributed by atoms with van der Waals surface area (Å²) in [6, 6.07) is 0. The van der Waals surface area contributed by atoms with Crippen molar-refractivity contribution in [1.82, 2.24) is 20.1 Å². The quantitative estimate of drug-likeness (QED) is 0.928. The van der Waals surface area contributed by atoms with Gasteiger partial charge in [0.15, 0.2) is 0 Å². The van der Waals surface area contributed by atoms with E-state index in [2.05, 4.69) is 20.8 Å². The predicted molar refractivity (Wildman–Crippen MR) is 70.3 cm³/mol. The van der Waals surface area contributed by atoms with E-state index in [0.717, 1.165) is 33.7 Å². The molecule has 0 saturated carbocycles. The zero-order valence-electron chi connectivity index (χ0n) is 10.1. The second-order valence-electron chi connectivity index (χ2n) is 3.96. The summed E-state index contributed by atoms with van der Waals surface area (Å²) in [5.41, 5.74) is 2.95. The maximum Gasteiger partial charge on any atom is 0.107 e. The molecule has 0 spiro atoms. The topological polar surface area (TPSA) is 42.7 Å². The SMILES string of the molecule is Cc1csc(CNCc2c(Cl)c(C)nn2C)n1. The first-order chi connectivity index (χ1) is 8.08. The first-order valence-corrected chi connectivity index (χ1v) is 6.63. The maximum absolute atomic E-state index is 6.16. The molecule has 17 heavy (non-hydrogen) atoms. The minimum Gasteiger partial charge on any atom is -0.305 e. The Kier molecular flexibility index (Phi) is 3.81. The Hall–Kier alpha value is -0.910. The van der Waals surface area contributed by atoms with Crippen LogP contribution < -0.4 is 5.32 Å². The number of hydrogen-bond donors (Lipinski definition) is 1. The Bertz CT molecular complexity index is 518. The number of aromatic nitrogens is 3. The number of hydrogen-bond acceptors (Lipinski definition) is 4. The van der Waals surface area contributed by atoms with Gasteiger partial charge in [-0.25, -0.2) is 4.98 Å². The fourth-order valence-corrected chi connectivity index (χ4v) is 2.61. The first-order valence-electron chi connectivity index (χ1n) is 5.37. The molecule has 1 N–H and O–H groups in total. The van der Waals surface area contributed by atoms with Gasteiger partial charge in [0.2, 0.25) is 0 Å². The molecule has 0 bridgehead atoms. The molecule has 2 aromatic heterocycles. The van der Waals surface area contributed by atoms with E-state index >= 15 is 0 Å². The van der Waals surface area contributed by atoms with Crippen LogP contribution in [0, 0.1) is 13.8 Å². The van der Waals surface area contributed by atoms with E-state index in [0.29, 0.717) is 6.54 Å². The summed E-state index contributed by atoms with van der Waals surface area (Å²) in [6.07, 6.45) is 0. The third-order valence-corrected chi connectivity index (χ3v) is 3.96. The molecule has 0 radical (unpaired) electrons. The van der Waals surface area contributed by atoms with Crippen molar-refractivity contribution in [3.8, 4) is 0 Å². The van der Waals surface area contributed by atoms with E-state index in [1.165, 1.54) is 0 Å². The molecule has 0 amide bonds. The van der Waals surface area contributed by atoms with E-state index < -0.39 is 0 Å². The van der Waals surface area contributed by atoms with Gasteiger partial charge < -0.3 is 5.32 Å². The van der Waals surface area contributed by atoms with Gasteiger partial charge in [0.25, 0.3) is 0 Å². The van der Waals surface area contributed by atoms with Gasteiger partial charge in [0.1, 0.15) is 5.01 Å². The summed E-state index contributed by atoms with van der Waals surface area (Å²) < 4.78 is 1.82. The number of halogens is 1. The Morgan fingerprint density at radius 2 is 2.18 bits per heavy atom. The van der Waals surface area contributed by atoms with Crippen LogP contribution in [0.15, 0.2) is 5.38 Å². The largest absolute Gasteiger partial charge is 0.305 e. The van der Waals surface area contributed by atoms with Crippen LogP contribution in [0.5, 0.6) is 0 Å². The lowest BCUT2D eigenvalue weighted by Gasteiger charge is -2.03. The molecule has 2 rings (SSSR count). The predicted octanol–water partition coefficient (Wildman–Crippen LogP) is 2.44. The highest BCUT2D eigenvalue weighted by Crippen LogP contribution is 2.19. The van der Waals surface area contributed by atoms with Gasteiger partial charge in [0.05, 0.1) is 16.4 Å². The summed E-state index contributed by atoms with van der Waals surface area (Å²) in [5, 5.41) is 11.5.